The molecule has 1 nitrogen and oxygen atoms in total. The Morgan fingerprint density at radius 3 is 2.64 bits per heavy atom. The van der Waals surface area contributed by atoms with Crippen LogP contribution in [-0.2, 0) is 0 Å². The van der Waals surface area contributed by atoms with Gasteiger partial charge < -0.3 is 5.11 Å². The summed E-state index contributed by atoms with van der Waals surface area (Å²) in [5, 5.41) is 9.59. The summed E-state index contributed by atoms with van der Waals surface area (Å²) in [6.45, 7) is 6.76. The van der Waals surface area contributed by atoms with E-state index in [-0.39, 0.29) is 6.10 Å². The summed E-state index contributed by atoms with van der Waals surface area (Å²) in [7, 11) is 0. The molecule has 0 bridgehead atoms. The molecule has 0 aromatic rings. The van der Waals surface area contributed by atoms with E-state index in [1.165, 1.54) is 6.42 Å². The third-order valence-corrected chi connectivity index (χ3v) is 3.71. The van der Waals surface area contributed by atoms with Gasteiger partial charge in [0.05, 0.1) is 6.10 Å². The van der Waals surface area contributed by atoms with Gasteiger partial charge in [0.15, 0.2) is 0 Å². The van der Waals surface area contributed by atoms with Crippen molar-refractivity contribution in [1.82, 2.24) is 0 Å². The van der Waals surface area contributed by atoms with Crippen molar-refractivity contribution in [3.63, 3.8) is 0 Å². The van der Waals surface area contributed by atoms with E-state index in [0.717, 1.165) is 12.3 Å². The first-order valence-electron chi connectivity index (χ1n) is 4.57. The monoisotopic (exact) mass is 153 g/mol. The second-order valence-electron chi connectivity index (χ2n) is 4.78. The van der Waals surface area contributed by atoms with Gasteiger partial charge in [-0.1, -0.05) is 20.8 Å². The van der Waals surface area contributed by atoms with Crippen LogP contribution in [0, 0.1) is 23.2 Å². The topological polar surface area (TPSA) is 20.2 Å². The highest BCUT2D eigenvalue weighted by atomic mass is 16.3. The van der Waals surface area contributed by atoms with E-state index < -0.39 is 0 Å². The fraction of sp³-hybridized carbons (Fsp3) is 0.900. The molecule has 0 aromatic heterocycles. The van der Waals surface area contributed by atoms with Crippen LogP contribution in [-0.4, -0.2) is 11.2 Å². The van der Waals surface area contributed by atoms with Crippen LogP contribution in [0.3, 0.4) is 0 Å². The lowest BCUT2D eigenvalue weighted by atomic mass is 9.88. The van der Waals surface area contributed by atoms with E-state index in [2.05, 4.69) is 20.8 Å². The Hall–Kier alpha value is -0.0400. The van der Waals surface area contributed by atoms with Crippen molar-refractivity contribution in [2.45, 2.75) is 39.7 Å². The van der Waals surface area contributed by atoms with Crippen LogP contribution in [0.4, 0.5) is 0 Å². The number of hydrogen-bond donors (Lipinski definition) is 1. The van der Waals surface area contributed by atoms with Crippen LogP contribution < -0.4 is 0 Å². The summed E-state index contributed by atoms with van der Waals surface area (Å²) in [5.74, 6) is 2.95. The Morgan fingerprint density at radius 2 is 2.09 bits per heavy atom. The van der Waals surface area contributed by atoms with Crippen LogP contribution in [0.2, 0.25) is 0 Å². The molecule has 0 aliphatic heterocycles. The molecule has 1 heteroatoms. The number of rotatable bonds is 0. The summed E-state index contributed by atoms with van der Waals surface area (Å²) in [5.41, 5.74) is 0.464. The highest BCUT2D eigenvalue weighted by Crippen LogP contribution is 2.67. The van der Waals surface area contributed by atoms with Crippen molar-refractivity contribution in [3.8, 4) is 0 Å². The Bertz CT molecular complexity index is 156. The molecule has 63 valence electrons. The average Bonchev–Trinajstić information content (AvgIpc) is 2.39. The quantitative estimate of drug-likeness (QED) is 0.564. The lowest BCUT2D eigenvalue weighted by molar-refractivity contribution is 0.0882. The smallest absolute Gasteiger partial charge is 0.0569 e. The zero-order chi connectivity index (χ0) is 8.22. The van der Waals surface area contributed by atoms with Gasteiger partial charge >= 0.3 is 0 Å². The predicted octanol–water partition coefficient (Wildman–Crippen LogP) is 2.01. The van der Waals surface area contributed by atoms with Crippen molar-refractivity contribution in [3.05, 3.63) is 5.92 Å². The molecule has 2 rings (SSSR count). The number of fused-ring (bicyclic) bond motifs is 1. The van der Waals surface area contributed by atoms with Gasteiger partial charge in [-0.15, -0.1) is 0 Å². The van der Waals surface area contributed by atoms with Crippen molar-refractivity contribution in [2.75, 3.05) is 0 Å². The molecule has 0 spiro atoms. The van der Waals surface area contributed by atoms with Crippen molar-refractivity contribution < 1.29 is 5.11 Å². The highest BCUT2D eigenvalue weighted by Gasteiger charge is 2.60. The van der Waals surface area contributed by atoms with Crippen molar-refractivity contribution >= 4 is 0 Å². The average molecular weight is 153 g/mol. The summed E-state index contributed by atoms with van der Waals surface area (Å²) >= 11 is 0. The fourth-order valence-corrected chi connectivity index (χ4v) is 2.53. The second-order valence-corrected chi connectivity index (χ2v) is 4.78. The molecule has 2 aliphatic rings. The normalized spacial score (nSPS) is 48.5. The van der Waals surface area contributed by atoms with E-state index in [1.807, 2.05) is 0 Å². The lowest BCUT2D eigenvalue weighted by Gasteiger charge is -2.22. The molecule has 2 aliphatic carbocycles. The van der Waals surface area contributed by atoms with Gasteiger partial charge in [-0.25, -0.2) is 0 Å². The second kappa shape index (κ2) is 2.01. The van der Waals surface area contributed by atoms with Crippen molar-refractivity contribution in [1.29, 1.82) is 0 Å². The molecule has 2 fully saturated rings. The maximum atomic E-state index is 9.59. The standard InChI is InChI=1S/C10H17O/c1-6-4-7-8(5-9(6)11)10(7,2)3/h6,8-9,11H,4-5H2,1-3H3. The van der Waals surface area contributed by atoms with Crippen LogP contribution in [0.25, 0.3) is 0 Å². The Balaban J connectivity index is 2.07. The summed E-state index contributed by atoms with van der Waals surface area (Å²) in [4.78, 5) is 0. The minimum absolute atomic E-state index is 0.0366. The van der Waals surface area contributed by atoms with E-state index in [1.54, 1.807) is 5.92 Å². The first-order chi connectivity index (χ1) is 5.03. The molecule has 2 saturated carbocycles. The number of aliphatic hydroxyl groups excluding tert-OH is 1. The maximum Gasteiger partial charge on any atom is 0.0569 e. The van der Waals surface area contributed by atoms with Gasteiger partial charge in [0.1, 0.15) is 0 Å². The van der Waals surface area contributed by atoms with Crippen molar-refractivity contribution in [2.24, 2.45) is 17.3 Å². The predicted molar refractivity (Wildman–Crippen MR) is 44.9 cm³/mol. The molecule has 11 heavy (non-hydrogen) atoms. The van der Waals surface area contributed by atoms with Gasteiger partial charge in [-0.3, -0.25) is 0 Å². The van der Waals surface area contributed by atoms with Crippen LogP contribution in [0.15, 0.2) is 0 Å². The molecule has 3 unspecified atom stereocenters. The molecule has 1 radical (unpaired) electrons. The molecule has 0 heterocycles. The largest absolute Gasteiger partial charge is 0.393 e. The Labute approximate surface area is 68.8 Å². The molecular formula is C10H17O. The first kappa shape index (κ1) is 7.60. The first-order valence-corrected chi connectivity index (χ1v) is 4.57. The Morgan fingerprint density at radius 1 is 1.45 bits per heavy atom. The summed E-state index contributed by atoms with van der Waals surface area (Å²) < 4.78 is 0. The van der Waals surface area contributed by atoms with Gasteiger partial charge in [0.25, 0.3) is 0 Å². The molecule has 0 saturated heterocycles. The third kappa shape index (κ3) is 0.936. The zero-order valence-electron chi connectivity index (χ0n) is 7.59. The lowest BCUT2D eigenvalue weighted by Crippen LogP contribution is -2.22. The van der Waals surface area contributed by atoms with Crippen LogP contribution in [0.1, 0.15) is 33.6 Å². The summed E-state index contributed by atoms with van der Waals surface area (Å²) in [6.07, 6.45) is 2.15. The minimum Gasteiger partial charge on any atom is -0.393 e. The highest BCUT2D eigenvalue weighted by molar-refractivity contribution is 5.30. The molecular weight excluding hydrogens is 136 g/mol. The van der Waals surface area contributed by atoms with E-state index >= 15 is 0 Å². The maximum absolute atomic E-state index is 9.59. The number of aliphatic hydroxyl groups is 1. The molecule has 0 aromatic carbocycles. The molecule has 3 atom stereocenters. The van der Waals surface area contributed by atoms with Gasteiger partial charge in [0, 0.05) is 0 Å². The minimum atomic E-state index is -0.0366. The Kier molecular flexibility index (Phi) is 1.39. The van der Waals surface area contributed by atoms with E-state index in [0.29, 0.717) is 11.3 Å². The van der Waals surface area contributed by atoms with E-state index in [4.69, 9.17) is 0 Å². The fourth-order valence-electron chi connectivity index (χ4n) is 2.53. The molecule has 1 N–H and O–H groups in total. The number of hydrogen-bond acceptors (Lipinski definition) is 1. The van der Waals surface area contributed by atoms with Gasteiger partial charge in [-0.05, 0) is 36.0 Å². The van der Waals surface area contributed by atoms with Crippen LogP contribution in [0.5, 0.6) is 0 Å². The summed E-state index contributed by atoms with van der Waals surface area (Å²) in [6, 6.07) is 0. The van der Waals surface area contributed by atoms with E-state index in [9.17, 15) is 5.11 Å². The van der Waals surface area contributed by atoms with Gasteiger partial charge in [-0.2, -0.15) is 0 Å². The van der Waals surface area contributed by atoms with Gasteiger partial charge in [0.2, 0.25) is 0 Å². The molecule has 0 amide bonds. The van der Waals surface area contributed by atoms with Crippen LogP contribution >= 0.6 is 0 Å². The SMILES string of the molecule is CC1C[C]2C(CC1O)C2(C)C. The zero-order valence-corrected chi connectivity index (χ0v) is 7.59. The third-order valence-electron chi connectivity index (χ3n) is 3.71.